The van der Waals surface area contributed by atoms with Crippen LogP contribution in [0.5, 0.6) is 0 Å². The molecule has 13 heavy (non-hydrogen) atoms. The van der Waals surface area contributed by atoms with Gasteiger partial charge in [0.25, 0.3) is 0 Å². The van der Waals surface area contributed by atoms with E-state index in [1.807, 2.05) is 0 Å². The molecule has 0 aromatic carbocycles. The normalized spacial score (nSPS) is 38.4. The standard InChI is InChI=1S/C8H15NO3S/c1-2-13(10,11)9-7-5-6-3-4-8(7)12-6/h6-9H,2-5H2,1H3. The summed E-state index contributed by atoms with van der Waals surface area (Å²) in [5.74, 6) is 0.154. The van der Waals surface area contributed by atoms with Crippen LogP contribution in [0, 0.1) is 0 Å². The van der Waals surface area contributed by atoms with Crippen molar-refractivity contribution < 1.29 is 13.2 Å². The minimum Gasteiger partial charge on any atom is -0.373 e. The van der Waals surface area contributed by atoms with E-state index in [0.717, 1.165) is 19.3 Å². The van der Waals surface area contributed by atoms with Crippen molar-refractivity contribution in [1.82, 2.24) is 4.72 Å². The zero-order valence-electron chi connectivity index (χ0n) is 7.69. The molecule has 1 N–H and O–H groups in total. The van der Waals surface area contributed by atoms with Gasteiger partial charge in [0.05, 0.1) is 24.0 Å². The lowest BCUT2D eigenvalue weighted by Crippen LogP contribution is -2.41. The second-order valence-electron chi connectivity index (χ2n) is 3.74. The third kappa shape index (κ3) is 1.87. The number of fused-ring (bicyclic) bond motifs is 2. The minimum atomic E-state index is -3.06. The van der Waals surface area contributed by atoms with Gasteiger partial charge in [-0.2, -0.15) is 0 Å². The Balaban J connectivity index is 1.97. The second-order valence-corrected chi connectivity index (χ2v) is 5.78. The molecule has 3 unspecified atom stereocenters. The van der Waals surface area contributed by atoms with Crippen LogP contribution in [0.2, 0.25) is 0 Å². The molecule has 0 aromatic heterocycles. The molecule has 0 aromatic rings. The summed E-state index contributed by atoms with van der Waals surface area (Å²) >= 11 is 0. The predicted octanol–water partition coefficient (Wildman–Crippen LogP) is 0.246. The van der Waals surface area contributed by atoms with E-state index in [4.69, 9.17) is 4.74 Å². The molecule has 0 amide bonds. The van der Waals surface area contributed by atoms with E-state index >= 15 is 0 Å². The average molecular weight is 205 g/mol. The quantitative estimate of drug-likeness (QED) is 0.718. The average Bonchev–Trinajstić information content (AvgIpc) is 2.64. The van der Waals surface area contributed by atoms with Gasteiger partial charge in [0.1, 0.15) is 0 Å². The van der Waals surface area contributed by atoms with E-state index < -0.39 is 10.0 Å². The molecule has 0 spiro atoms. The lowest BCUT2D eigenvalue weighted by atomic mass is 9.96. The lowest BCUT2D eigenvalue weighted by molar-refractivity contribution is 0.0996. The number of sulfonamides is 1. The van der Waals surface area contributed by atoms with Gasteiger partial charge < -0.3 is 4.74 Å². The number of rotatable bonds is 3. The molecule has 2 bridgehead atoms. The Kier molecular flexibility index (Phi) is 2.33. The van der Waals surface area contributed by atoms with Crippen molar-refractivity contribution in [2.45, 2.75) is 44.4 Å². The first-order chi connectivity index (χ1) is 6.11. The summed E-state index contributed by atoms with van der Waals surface area (Å²) in [5, 5.41) is 0. The largest absolute Gasteiger partial charge is 0.373 e. The summed E-state index contributed by atoms with van der Waals surface area (Å²) in [6, 6.07) is 0.0312. The van der Waals surface area contributed by atoms with Gasteiger partial charge in [-0.05, 0) is 26.2 Å². The summed E-state index contributed by atoms with van der Waals surface area (Å²) in [7, 11) is -3.06. The monoisotopic (exact) mass is 205 g/mol. The van der Waals surface area contributed by atoms with E-state index in [2.05, 4.69) is 4.72 Å². The van der Waals surface area contributed by atoms with Crippen LogP contribution >= 0.6 is 0 Å². The van der Waals surface area contributed by atoms with Crippen molar-refractivity contribution in [3.63, 3.8) is 0 Å². The highest BCUT2D eigenvalue weighted by Gasteiger charge is 2.41. The maximum atomic E-state index is 11.3. The van der Waals surface area contributed by atoms with Crippen molar-refractivity contribution in [2.24, 2.45) is 0 Å². The molecule has 2 saturated heterocycles. The van der Waals surface area contributed by atoms with Crippen molar-refractivity contribution in [2.75, 3.05) is 5.75 Å². The minimum absolute atomic E-state index is 0.0312. The highest BCUT2D eigenvalue weighted by molar-refractivity contribution is 7.89. The van der Waals surface area contributed by atoms with Gasteiger partial charge in [0.15, 0.2) is 0 Å². The molecule has 2 aliphatic heterocycles. The zero-order chi connectivity index (χ0) is 9.47. The topological polar surface area (TPSA) is 55.4 Å². The van der Waals surface area contributed by atoms with Crippen LogP contribution < -0.4 is 4.72 Å². The van der Waals surface area contributed by atoms with E-state index in [0.29, 0.717) is 6.10 Å². The van der Waals surface area contributed by atoms with Crippen LogP contribution in [0.25, 0.3) is 0 Å². The fraction of sp³-hybridized carbons (Fsp3) is 1.00. The number of ether oxygens (including phenoxy) is 1. The molecule has 76 valence electrons. The Morgan fingerprint density at radius 1 is 1.46 bits per heavy atom. The van der Waals surface area contributed by atoms with Gasteiger partial charge in [-0.15, -0.1) is 0 Å². The SMILES string of the molecule is CCS(=O)(=O)NC1CC2CCC1O2. The van der Waals surface area contributed by atoms with Gasteiger partial charge in [0.2, 0.25) is 10.0 Å². The zero-order valence-corrected chi connectivity index (χ0v) is 8.51. The third-order valence-electron chi connectivity index (χ3n) is 2.82. The van der Waals surface area contributed by atoms with Crippen LogP contribution in [0.4, 0.5) is 0 Å². The Bertz CT molecular complexity index is 288. The first kappa shape index (κ1) is 9.43. The molecule has 0 radical (unpaired) electrons. The smallest absolute Gasteiger partial charge is 0.211 e. The number of hydrogen-bond acceptors (Lipinski definition) is 3. The lowest BCUT2D eigenvalue weighted by Gasteiger charge is -2.19. The Morgan fingerprint density at radius 3 is 2.69 bits per heavy atom. The Morgan fingerprint density at radius 2 is 2.23 bits per heavy atom. The van der Waals surface area contributed by atoms with E-state index in [1.54, 1.807) is 6.92 Å². The van der Waals surface area contributed by atoms with Crippen LogP contribution in [-0.4, -0.2) is 32.4 Å². The van der Waals surface area contributed by atoms with E-state index in [-0.39, 0.29) is 17.9 Å². The summed E-state index contributed by atoms with van der Waals surface area (Å²) in [6.45, 7) is 1.65. The second kappa shape index (κ2) is 3.22. The Labute approximate surface area is 78.7 Å². The van der Waals surface area contributed by atoms with Gasteiger partial charge in [-0.25, -0.2) is 13.1 Å². The predicted molar refractivity (Wildman–Crippen MR) is 48.9 cm³/mol. The fourth-order valence-electron chi connectivity index (χ4n) is 2.08. The molecule has 2 rings (SSSR count). The molecule has 2 heterocycles. The molecule has 2 aliphatic rings. The van der Waals surface area contributed by atoms with Crippen molar-refractivity contribution >= 4 is 10.0 Å². The maximum absolute atomic E-state index is 11.3. The van der Waals surface area contributed by atoms with Crippen molar-refractivity contribution in [3.8, 4) is 0 Å². The van der Waals surface area contributed by atoms with Gasteiger partial charge in [-0.3, -0.25) is 0 Å². The summed E-state index contributed by atoms with van der Waals surface area (Å²) in [6.07, 6.45) is 3.38. The van der Waals surface area contributed by atoms with Gasteiger partial charge in [-0.1, -0.05) is 0 Å². The van der Waals surface area contributed by atoms with E-state index in [9.17, 15) is 8.42 Å². The van der Waals surface area contributed by atoms with Crippen LogP contribution in [0.3, 0.4) is 0 Å². The highest BCUT2D eigenvalue weighted by atomic mass is 32.2. The first-order valence-electron chi connectivity index (χ1n) is 4.76. The molecular weight excluding hydrogens is 190 g/mol. The van der Waals surface area contributed by atoms with Crippen LogP contribution in [0.15, 0.2) is 0 Å². The fourth-order valence-corrected chi connectivity index (χ4v) is 2.95. The number of nitrogens with one attached hydrogen (secondary N) is 1. The number of hydrogen-bond donors (Lipinski definition) is 1. The highest BCUT2D eigenvalue weighted by Crippen LogP contribution is 2.34. The van der Waals surface area contributed by atoms with E-state index in [1.165, 1.54) is 0 Å². The molecule has 0 aliphatic carbocycles. The molecule has 3 atom stereocenters. The summed E-state index contributed by atoms with van der Waals surface area (Å²) in [5.41, 5.74) is 0. The van der Waals surface area contributed by atoms with Gasteiger partial charge >= 0.3 is 0 Å². The van der Waals surface area contributed by atoms with Crippen LogP contribution in [0.1, 0.15) is 26.2 Å². The van der Waals surface area contributed by atoms with Crippen molar-refractivity contribution in [3.05, 3.63) is 0 Å². The third-order valence-corrected chi connectivity index (χ3v) is 4.24. The van der Waals surface area contributed by atoms with Crippen LogP contribution in [-0.2, 0) is 14.8 Å². The molecular formula is C8H15NO3S. The maximum Gasteiger partial charge on any atom is 0.211 e. The summed E-state index contributed by atoms with van der Waals surface area (Å²) in [4.78, 5) is 0. The molecule has 4 nitrogen and oxygen atoms in total. The first-order valence-corrected chi connectivity index (χ1v) is 6.41. The molecule has 2 fully saturated rings. The Hall–Kier alpha value is -0.130. The molecule has 5 heteroatoms. The van der Waals surface area contributed by atoms with Gasteiger partial charge in [0, 0.05) is 0 Å². The summed E-state index contributed by atoms with van der Waals surface area (Å²) < 4.78 is 30.8. The molecule has 0 saturated carbocycles. The van der Waals surface area contributed by atoms with Crippen molar-refractivity contribution in [1.29, 1.82) is 0 Å².